The van der Waals surface area contributed by atoms with Crippen LogP contribution < -0.4 is 10.6 Å². The van der Waals surface area contributed by atoms with Crippen LogP contribution in [0.25, 0.3) is 0 Å². The highest BCUT2D eigenvalue weighted by atomic mass is 31.2. The van der Waals surface area contributed by atoms with Crippen LogP contribution in [0.15, 0.2) is 60.7 Å². The van der Waals surface area contributed by atoms with Crippen molar-refractivity contribution in [2.24, 2.45) is 0 Å². The van der Waals surface area contributed by atoms with E-state index in [0.717, 1.165) is 21.6 Å². The lowest BCUT2D eigenvalue weighted by Crippen LogP contribution is -2.38. The van der Waals surface area contributed by atoms with Crippen LogP contribution in [-0.4, -0.2) is 38.3 Å². The highest BCUT2D eigenvalue weighted by molar-refractivity contribution is 7.78. The second-order valence-electron chi connectivity index (χ2n) is 6.15. The largest absolute Gasteiger partial charge is 0.331 e. The lowest BCUT2D eigenvalue weighted by Gasteiger charge is -2.27. The van der Waals surface area contributed by atoms with Crippen LogP contribution in [0.4, 0.5) is 0 Å². The van der Waals surface area contributed by atoms with Crippen molar-refractivity contribution in [2.75, 3.05) is 33.8 Å². The number of rotatable bonds is 5. The van der Waals surface area contributed by atoms with Crippen LogP contribution in [0.2, 0.25) is 0 Å². The molecule has 0 heterocycles. The Morgan fingerprint density at radius 1 is 0.800 bits per heavy atom. The highest BCUT2D eigenvalue weighted by Gasteiger charge is 2.29. The Labute approximate surface area is 122 Å². The lowest BCUT2D eigenvalue weighted by molar-refractivity contribution is -0.867. The molecule has 106 valence electrons. The van der Waals surface area contributed by atoms with Gasteiger partial charge >= 0.3 is 0 Å². The molecule has 0 amide bonds. The molecule has 20 heavy (non-hydrogen) atoms. The minimum absolute atomic E-state index is 0.699. The summed E-state index contributed by atoms with van der Waals surface area (Å²) in [5.41, 5.74) is 0. The molecule has 0 N–H and O–H groups in total. The molecule has 3 heteroatoms. The summed E-state index contributed by atoms with van der Waals surface area (Å²) in [7, 11) is 3.88. The van der Waals surface area contributed by atoms with Crippen molar-refractivity contribution in [1.29, 1.82) is 0 Å². The number of hydrogen-bond donors (Lipinski definition) is 0. The third-order valence-electron chi connectivity index (χ3n) is 3.43. The van der Waals surface area contributed by atoms with E-state index in [2.05, 4.69) is 21.1 Å². The summed E-state index contributed by atoms with van der Waals surface area (Å²) in [6.07, 6.45) is 0.699. The van der Waals surface area contributed by atoms with Crippen LogP contribution in [0.5, 0.6) is 0 Å². The van der Waals surface area contributed by atoms with Gasteiger partial charge in [-0.1, -0.05) is 60.7 Å². The van der Waals surface area contributed by atoms with Gasteiger partial charge in [0.2, 0.25) is 0 Å². The Morgan fingerprint density at radius 3 is 1.55 bits per heavy atom. The SMILES string of the molecule is C[N+](C)(C)CCP(=O)(c1ccccc1)c1ccccc1. The third kappa shape index (κ3) is 3.59. The molecule has 2 aromatic carbocycles. The fraction of sp³-hybridized carbons (Fsp3) is 0.294. The van der Waals surface area contributed by atoms with Crippen molar-refractivity contribution >= 4 is 17.8 Å². The van der Waals surface area contributed by atoms with E-state index >= 15 is 0 Å². The second kappa shape index (κ2) is 5.95. The monoisotopic (exact) mass is 288 g/mol. The Hall–Kier alpha value is -1.37. The molecule has 0 unspecified atom stereocenters. The van der Waals surface area contributed by atoms with Crippen molar-refractivity contribution < 1.29 is 9.05 Å². The molecule has 0 atom stereocenters. The summed E-state index contributed by atoms with van der Waals surface area (Å²) in [6.45, 7) is 0.890. The standard InChI is InChI=1S/C17H23NOP/c1-18(2,3)14-15-20(19,16-10-6-4-7-11-16)17-12-8-5-9-13-17/h4-13H,14-15H2,1-3H3/q+1. The normalized spacial score (nSPS) is 12.3. The number of nitrogens with zero attached hydrogens (tertiary/aromatic N) is 1. The summed E-state index contributed by atoms with van der Waals surface area (Å²) >= 11 is 0. The molecule has 2 aromatic rings. The summed E-state index contributed by atoms with van der Waals surface area (Å²) in [6, 6.07) is 19.8. The minimum atomic E-state index is -2.54. The molecule has 0 aliphatic carbocycles. The number of benzene rings is 2. The van der Waals surface area contributed by atoms with Gasteiger partial charge in [-0.2, -0.15) is 0 Å². The molecule has 0 radical (unpaired) electrons. The highest BCUT2D eigenvalue weighted by Crippen LogP contribution is 2.43. The van der Waals surface area contributed by atoms with E-state index in [4.69, 9.17) is 0 Å². The molecule has 2 nitrogen and oxygen atoms in total. The number of quaternary nitrogens is 1. The van der Waals surface area contributed by atoms with Crippen LogP contribution in [-0.2, 0) is 4.57 Å². The van der Waals surface area contributed by atoms with E-state index in [9.17, 15) is 4.57 Å². The summed E-state index contributed by atoms with van der Waals surface area (Å²) in [4.78, 5) is 0. The lowest BCUT2D eigenvalue weighted by atomic mass is 10.4. The molecule has 0 fully saturated rings. The van der Waals surface area contributed by atoms with Crippen molar-refractivity contribution in [3.63, 3.8) is 0 Å². The maximum absolute atomic E-state index is 13.7. The van der Waals surface area contributed by atoms with Gasteiger partial charge in [0, 0.05) is 10.6 Å². The molecule has 0 saturated heterocycles. The van der Waals surface area contributed by atoms with Crippen molar-refractivity contribution in [2.45, 2.75) is 0 Å². The van der Waals surface area contributed by atoms with Gasteiger partial charge in [0.15, 0.2) is 0 Å². The third-order valence-corrected chi connectivity index (χ3v) is 6.53. The topological polar surface area (TPSA) is 17.1 Å². The van der Waals surface area contributed by atoms with Gasteiger partial charge in [-0.3, -0.25) is 0 Å². The van der Waals surface area contributed by atoms with Crippen LogP contribution in [0, 0.1) is 0 Å². The van der Waals surface area contributed by atoms with Gasteiger partial charge in [0.25, 0.3) is 0 Å². The van der Waals surface area contributed by atoms with E-state index in [1.807, 2.05) is 60.7 Å². The molecule has 0 aliphatic rings. The van der Waals surface area contributed by atoms with Crippen molar-refractivity contribution in [1.82, 2.24) is 0 Å². The Morgan fingerprint density at radius 2 is 1.20 bits per heavy atom. The van der Waals surface area contributed by atoms with Gasteiger partial charge in [-0.25, -0.2) is 0 Å². The molecule has 2 rings (SSSR count). The minimum Gasteiger partial charge on any atom is -0.331 e. The van der Waals surface area contributed by atoms with E-state index in [1.54, 1.807) is 0 Å². The predicted molar refractivity (Wildman–Crippen MR) is 87.5 cm³/mol. The van der Waals surface area contributed by atoms with Crippen molar-refractivity contribution in [3.8, 4) is 0 Å². The van der Waals surface area contributed by atoms with Gasteiger partial charge < -0.3 is 9.05 Å². The van der Waals surface area contributed by atoms with Crippen LogP contribution in [0.1, 0.15) is 0 Å². The second-order valence-corrected chi connectivity index (χ2v) is 9.11. The summed E-state index contributed by atoms with van der Waals surface area (Å²) in [5.74, 6) is 0. The average Bonchev–Trinajstić information content (AvgIpc) is 2.46. The fourth-order valence-electron chi connectivity index (χ4n) is 2.19. The van der Waals surface area contributed by atoms with Gasteiger partial charge in [0.05, 0.1) is 33.8 Å². The Kier molecular flexibility index (Phi) is 4.47. The van der Waals surface area contributed by atoms with Gasteiger partial charge in [-0.15, -0.1) is 0 Å². The summed E-state index contributed by atoms with van der Waals surface area (Å²) in [5, 5.41) is 1.92. The predicted octanol–water partition coefficient (Wildman–Crippen LogP) is 2.71. The van der Waals surface area contributed by atoms with E-state index in [1.165, 1.54) is 0 Å². The molecule has 0 bridgehead atoms. The molecular weight excluding hydrogens is 265 g/mol. The van der Waals surface area contributed by atoms with E-state index < -0.39 is 7.14 Å². The summed E-state index contributed by atoms with van der Waals surface area (Å²) < 4.78 is 14.5. The smallest absolute Gasteiger partial charge is 0.148 e. The van der Waals surface area contributed by atoms with Crippen LogP contribution in [0.3, 0.4) is 0 Å². The first-order valence-corrected chi connectivity index (χ1v) is 8.82. The van der Waals surface area contributed by atoms with Gasteiger partial charge in [-0.05, 0) is 0 Å². The molecule has 0 aliphatic heterocycles. The molecular formula is C17H23NOP+. The van der Waals surface area contributed by atoms with E-state index in [-0.39, 0.29) is 0 Å². The quantitative estimate of drug-likeness (QED) is 0.611. The Balaban J connectivity index is 2.42. The van der Waals surface area contributed by atoms with Crippen LogP contribution >= 0.6 is 7.14 Å². The first-order chi connectivity index (χ1) is 9.42. The van der Waals surface area contributed by atoms with Gasteiger partial charge in [0.1, 0.15) is 7.14 Å². The molecule has 0 aromatic heterocycles. The average molecular weight is 288 g/mol. The van der Waals surface area contributed by atoms with E-state index in [0.29, 0.717) is 6.16 Å². The van der Waals surface area contributed by atoms with Crippen molar-refractivity contribution in [3.05, 3.63) is 60.7 Å². The maximum atomic E-state index is 13.7. The molecule has 0 saturated carbocycles. The maximum Gasteiger partial charge on any atom is 0.148 e. The first-order valence-electron chi connectivity index (χ1n) is 6.93. The first kappa shape index (κ1) is 15.0. The zero-order chi connectivity index (χ0) is 14.6. The zero-order valence-electron chi connectivity index (χ0n) is 12.5. The fourth-order valence-corrected chi connectivity index (χ4v) is 5.19. The molecule has 0 spiro atoms. The number of hydrogen-bond acceptors (Lipinski definition) is 1. The Bertz CT molecular complexity index is 544. The zero-order valence-corrected chi connectivity index (χ0v) is 13.4.